The standard InChI is InChI=1S/C13H22N2O2/c1-3-7-15-8-6-14-12(15)10-11(16)13(2)5-4-9-17-13/h6,8,11,16H,3-5,7,9-10H2,1-2H3. The fraction of sp³-hybridized carbons (Fsp3) is 0.769. The molecule has 1 fully saturated rings. The molecule has 1 aromatic heterocycles. The Morgan fingerprint density at radius 2 is 2.47 bits per heavy atom. The molecule has 1 N–H and O–H groups in total. The van der Waals surface area contributed by atoms with Crippen LogP contribution in [-0.2, 0) is 17.7 Å². The summed E-state index contributed by atoms with van der Waals surface area (Å²) in [5.41, 5.74) is -0.386. The minimum absolute atomic E-state index is 0.386. The molecule has 1 aliphatic rings. The van der Waals surface area contributed by atoms with Gasteiger partial charge in [0.1, 0.15) is 5.82 Å². The van der Waals surface area contributed by atoms with Crippen LogP contribution >= 0.6 is 0 Å². The van der Waals surface area contributed by atoms with E-state index in [2.05, 4.69) is 16.5 Å². The Morgan fingerprint density at radius 3 is 3.12 bits per heavy atom. The molecule has 2 atom stereocenters. The van der Waals surface area contributed by atoms with Crippen LogP contribution in [0.5, 0.6) is 0 Å². The van der Waals surface area contributed by atoms with Crippen LogP contribution in [0.3, 0.4) is 0 Å². The molecule has 2 heterocycles. The Balaban J connectivity index is 2.02. The summed E-state index contributed by atoms with van der Waals surface area (Å²) in [6.45, 7) is 5.86. The maximum absolute atomic E-state index is 10.3. The first-order valence-electron chi connectivity index (χ1n) is 6.48. The van der Waals surface area contributed by atoms with Crippen LogP contribution in [-0.4, -0.2) is 33.0 Å². The zero-order valence-corrected chi connectivity index (χ0v) is 10.7. The molecule has 2 rings (SSSR count). The zero-order chi connectivity index (χ0) is 12.3. The van der Waals surface area contributed by atoms with E-state index in [9.17, 15) is 5.11 Å². The van der Waals surface area contributed by atoms with Crippen molar-refractivity contribution in [3.8, 4) is 0 Å². The highest BCUT2D eigenvalue weighted by molar-refractivity contribution is 4.99. The quantitative estimate of drug-likeness (QED) is 0.850. The molecule has 4 heteroatoms. The molecular formula is C13H22N2O2. The number of aliphatic hydroxyl groups is 1. The topological polar surface area (TPSA) is 47.3 Å². The maximum atomic E-state index is 10.3. The van der Waals surface area contributed by atoms with Crippen LogP contribution in [0, 0.1) is 0 Å². The van der Waals surface area contributed by atoms with Gasteiger partial charge in [0, 0.05) is 32.0 Å². The molecule has 0 bridgehead atoms. The monoisotopic (exact) mass is 238 g/mol. The van der Waals surface area contributed by atoms with Crippen molar-refractivity contribution < 1.29 is 9.84 Å². The van der Waals surface area contributed by atoms with Crippen LogP contribution in [0.25, 0.3) is 0 Å². The molecule has 4 nitrogen and oxygen atoms in total. The Morgan fingerprint density at radius 1 is 1.65 bits per heavy atom. The van der Waals surface area contributed by atoms with Crippen LogP contribution in [0.1, 0.15) is 38.9 Å². The van der Waals surface area contributed by atoms with Crippen molar-refractivity contribution >= 4 is 0 Å². The fourth-order valence-electron chi connectivity index (χ4n) is 2.43. The summed E-state index contributed by atoms with van der Waals surface area (Å²) in [7, 11) is 0. The summed E-state index contributed by atoms with van der Waals surface area (Å²) >= 11 is 0. The average Bonchev–Trinajstić information content (AvgIpc) is 2.90. The van der Waals surface area contributed by atoms with E-state index >= 15 is 0 Å². The van der Waals surface area contributed by atoms with Gasteiger partial charge in [0.2, 0.25) is 0 Å². The number of ether oxygens (including phenoxy) is 1. The highest BCUT2D eigenvalue weighted by Gasteiger charge is 2.37. The van der Waals surface area contributed by atoms with Gasteiger partial charge in [-0.25, -0.2) is 4.98 Å². The maximum Gasteiger partial charge on any atom is 0.111 e. The molecule has 0 aliphatic carbocycles. The molecule has 1 aromatic rings. The van der Waals surface area contributed by atoms with Crippen LogP contribution < -0.4 is 0 Å². The first-order valence-corrected chi connectivity index (χ1v) is 6.48. The van der Waals surface area contributed by atoms with Crippen molar-refractivity contribution in [3.05, 3.63) is 18.2 Å². The number of nitrogens with zero attached hydrogens (tertiary/aromatic N) is 2. The summed E-state index contributed by atoms with van der Waals surface area (Å²) in [5.74, 6) is 0.955. The van der Waals surface area contributed by atoms with Gasteiger partial charge in [0.25, 0.3) is 0 Å². The minimum Gasteiger partial charge on any atom is -0.390 e. The Labute approximate surface area is 103 Å². The van der Waals surface area contributed by atoms with Gasteiger partial charge < -0.3 is 14.4 Å². The highest BCUT2D eigenvalue weighted by Crippen LogP contribution is 2.30. The largest absolute Gasteiger partial charge is 0.390 e. The summed E-state index contributed by atoms with van der Waals surface area (Å²) in [4.78, 5) is 4.32. The number of hydrogen-bond acceptors (Lipinski definition) is 3. The van der Waals surface area contributed by atoms with Crippen molar-refractivity contribution in [2.24, 2.45) is 0 Å². The molecule has 1 saturated heterocycles. The number of rotatable bonds is 5. The molecule has 17 heavy (non-hydrogen) atoms. The van der Waals surface area contributed by atoms with Crippen molar-refractivity contribution in [2.75, 3.05) is 6.61 Å². The lowest BCUT2D eigenvalue weighted by atomic mass is 9.93. The summed E-state index contributed by atoms with van der Waals surface area (Å²) < 4.78 is 7.78. The first-order chi connectivity index (χ1) is 8.15. The predicted octanol–water partition coefficient (Wildman–Crippen LogP) is 1.77. The molecular weight excluding hydrogens is 216 g/mol. The third-order valence-corrected chi connectivity index (χ3v) is 3.60. The first kappa shape index (κ1) is 12.6. The second-order valence-corrected chi connectivity index (χ2v) is 5.02. The summed E-state index contributed by atoms with van der Waals surface area (Å²) in [6.07, 6.45) is 6.93. The molecule has 0 radical (unpaired) electrons. The molecule has 96 valence electrons. The molecule has 2 unspecified atom stereocenters. The predicted molar refractivity (Wildman–Crippen MR) is 65.8 cm³/mol. The van der Waals surface area contributed by atoms with E-state index in [1.54, 1.807) is 6.20 Å². The second-order valence-electron chi connectivity index (χ2n) is 5.02. The lowest BCUT2D eigenvalue weighted by molar-refractivity contribution is -0.0777. The summed E-state index contributed by atoms with van der Waals surface area (Å²) in [5, 5.41) is 10.3. The van der Waals surface area contributed by atoms with Gasteiger partial charge in [-0.1, -0.05) is 6.92 Å². The van der Waals surface area contributed by atoms with Crippen molar-refractivity contribution in [2.45, 2.75) is 57.8 Å². The van der Waals surface area contributed by atoms with Gasteiger partial charge in [0.05, 0.1) is 11.7 Å². The number of aliphatic hydroxyl groups excluding tert-OH is 1. The van der Waals surface area contributed by atoms with E-state index in [4.69, 9.17) is 4.74 Å². The SMILES string of the molecule is CCCn1ccnc1CC(O)C1(C)CCCO1. The Kier molecular flexibility index (Phi) is 3.84. The van der Waals surface area contributed by atoms with Gasteiger partial charge in [-0.2, -0.15) is 0 Å². The number of hydrogen-bond donors (Lipinski definition) is 1. The fourth-order valence-corrected chi connectivity index (χ4v) is 2.43. The van der Waals surface area contributed by atoms with Crippen LogP contribution in [0.4, 0.5) is 0 Å². The van der Waals surface area contributed by atoms with Crippen molar-refractivity contribution in [3.63, 3.8) is 0 Å². The lowest BCUT2D eigenvalue weighted by Crippen LogP contribution is -2.40. The molecule has 1 aliphatic heterocycles. The highest BCUT2D eigenvalue weighted by atomic mass is 16.5. The number of aryl methyl sites for hydroxylation is 1. The average molecular weight is 238 g/mol. The van der Waals surface area contributed by atoms with Gasteiger partial charge in [-0.3, -0.25) is 0 Å². The van der Waals surface area contributed by atoms with Gasteiger partial charge >= 0.3 is 0 Å². The van der Waals surface area contributed by atoms with E-state index in [0.717, 1.165) is 38.2 Å². The Hall–Kier alpha value is -0.870. The Bertz CT molecular complexity index is 356. The number of aromatic nitrogens is 2. The third kappa shape index (κ3) is 2.69. The molecule has 0 amide bonds. The third-order valence-electron chi connectivity index (χ3n) is 3.60. The van der Waals surface area contributed by atoms with E-state index < -0.39 is 6.10 Å². The zero-order valence-electron chi connectivity index (χ0n) is 10.7. The lowest BCUT2D eigenvalue weighted by Gasteiger charge is -2.29. The summed E-state index contributed by atoms with van der Waals surface area (Å²) in [6, 6.07) is 0. The van der Waals surface area contributed by atoms with Crippen molar-refractivity contribution in [1.82, 2.24) is 9.55 Å². The van der Waals surface area contributed by atoms with E-state index in [1.807, 2.05) is 13.1 Å². The van der Waals surface area contributed by atoms with E-state index in [-0.39, 0.29) is 5.60 Å². The second kappa shape index (κ2) is 5.19. The molecule has 0 spiro atoms. The number of imidazole rings is 1. The molecule has 0 saturated carbocycles. The van der Waals surface area contributed by atoms with Gasteiger partial charge in [-0.05, 0) is 26.2 Å². The van der Waals surface area contributed by atoms with E-state index in [0.29, 0.717) is 6.42 Å². The molecule has 0 aromatic carbocycles. The van der Waals surface area contributed by atoms with Crippen LogP contribution in [0.15, 0.2) is 12.4 Å². The van der Waals surface area contributed by atoms with Gasteiger partial charge in [0.15, 0.2) is 0 Å². The van der Waals surface area contributed by atoms with Crippen molar-refractivity contribution in [1.29, 1.82) is 0 Å². The van der Waals surface area contributed by atoms with E-state index in [1.165, 1.54) is 0 Å². The normalized spacial score (nSPS) is 26.3. The van der Waals surface area contributed by atoms with Gasteiger partial charge in [-0.15, -0.1) is 0 Å². The van der Waals surface area contributed by atoms with Crippen LogP contribution in [0.2, 0.25) is 0 Å². The minimum atomic E-state index is -0.469. The smallest absolute Gasteiger partial charge is 0.111 e.